The van der Waals surface area contributed by atoms with E-state index in [0.717, 1.165) is 16.3 Å². The summed E-state index contributed by atoms with van der Waals surface area (Å²) in [5.41, 5.74) is 1.86. The van der Waals surface area contributed by atoms with E-state index in [-0.39, 0.29) is 16.8 Å². The Labute approximate surface area is 200 Å². The van der Waals surface area contributed by atoms with Gasteiger partial charge in [0.15, 0.2) is 0 Å². The van der Waals surface area contributed by atoms with Gasteiger partial charge in [-0.1, -0.05) is 49.4 Å². The monoisotopic (exact) mass is 479 g/mol. The molecule has 0 spiro atoms. The maximum absolute atomic E-state index is 13.4. The summed E-state index contributed by atoms with van der Waals surface area (Å²) < 4.78 is 28.0. The zero-order valence-corrected chi connectivity index (χ0v) is 20.3. The Morgan fingerprint density at radius 2 is 1.62 bits per heavy atom. The molecule has 8 heteroatoms. The molecule has 0 aliphatic carbocycles. The number of rotatable bonds is 9. The van der Waals surface area contributed by atoms with E-state index < -0.39 is 22.5 Å². The lowest BCUT2D eigenvalue weighted by Gasteiger charge is -2.24. The number of anilines is 2. The Morgan fingerprint density at radius 3 is 2.29 bits per heavy atom. The molecule has 0 heterocycles. The minimum Gasteiger partial charge on any atom is -0.350 e. The summed E-state index contributed by atoms with van der Waals surface area (Å²) in [5.74, 6) is -0.873. The summed E-state index contributed by atoms with van der Waals surface area (Å²) in [6.07, 6.45) is 0.767. The van der Waals surface area contributed by atoms with Crippen molar-refractivity contribution in [1.29, 1.82) is 0 Å². The standard InChI is InChI=1S/C26H29N3O4S/c1-4-20(3)27-26(31)23-15-8-9-16-24(23)28-25(30)18-29(21-12-10-11-19(2)17-21)34(32,33)22-13-6-5-7-14-22/h5-17,20H,4,18H2,1-3H3,(H,27,31)(H,28,30)/t20-/m1/s1. The predicted molar refractivity (Wildman–Crippen MR) is 134 cm³/mol. The lowest BCUT2D eigenvalue weighted by Crippen LogP contribution is -2.38. The van der Waals surface area contributed by atoms with Crippen molar-refractivity contribution in [3.8, 4) is 0 Å². The number of sulfonamides is 1. The number of aryl methyl sites for hydroxylation is 1. The number of hydrogen-bond acceptors (Lipinski definition) is 4. The Morgan fingerprint density at radius 1 is 0.941 bits per heavy atom. The highest BCUT2D eigenvalue weighted by molar-refractivity contribution is 7.92. The van der Waals surface area contributed by atoms with Gasteiger partial charge in [-0.2, -0.15) is 0 Å². The second-order valence-electron chi connectivity index (χ2n) is 8.04. The van der Waals surface area contributed by atoms with E-state index >= 15 is 0 Å². The lowest BCUT2D eigenvalue weighted by molar-refractivity contribution is -0.114. The first kappa shape index (κ1) is 25.0. The zero-order chi connectivity index (χ0) is 24.7. The highest BCUT2D eigenvalue weighted by atomic mass is 32.2. The van der Waals surface area contributed by atoms with Crippen LogP contribution in [0.1, 0.15) is 36.2 Å². The van der Waals surface area contributed by atoms with Crippen LogP contribution in [0.5, 0.6) is 0 Å². The zero-order valence-electron chi connectivity index (χ0n) is 19.5. The van der Waals surface area contributed by atoms with Crippen molar-refractivity contribution in [3.05, 3.63) is 90.0 Å². The number of benzene rings is 3. The SMILES string of the molecule is CC[C@@H](C)NC(=O)c1ccccc1NC(=O)CN(c1cccc(C)c1)S(=O)(=O)c1ccccc1. The highest BCUT2D eigenvalue weighted by Crippen LogP contribution is 2.25. The van der Waals surface area contributed by atoms with Gasteiger partial charge in [0.25, 0.3) is 15.9 Å². The van der Waals surface area contributed by atoms with Gasteiger partial charge in [0.05, 0.1) is 21.8 Å². The van der Waals surface area contributed by atoms with Crippen LogP contribution in [0.15, 0.2) is 83.8 Å². The summed E-state index contributed by atoms with van der Waals surface area (Å²) in [6, 6.07) is 21.5. The molecular weight excluding hydrogens is 450 g/mol. The first-order valence-corrected chi connectivity index (χ1v) is 12.5. The highest BCUT2D eigenvalue weighted by Gasteiger charge is 2.27. The molecule has 0 aliphatic heterocycles. The van der Waals surface area contributed by atoms with Crippen LogP contribution < -0.4 is 14.9 Å². The molecule has 0 radical (unpaired) electrons. The Bertz CT molecular complexity index is 1260. The van der Waals surface area contributed by atoms with Gasteiger partial charge in [0.1, 0.15) is 6.54 Å². The van der Waals surface area contributed by atoms with Crippen LogP contribution in [0.25, 0.3) is 0 Å². The van der Waals surface area contributed by atoms with Gasteiger partial charge in [-0.15, -0.1) is 0 Å². The van der Waals surface area contributed by atoms with Gasteiger partial charge in [-0.25, -0.2) is 8.42 Å². The minimum absolute atomic E-state index is 0.0240. The molecule has 34 heavy (non-hydrogen) atoms. The van der Waals surface area contributed by atoms with Crippen LogP contribution in [-0.2, 0) is 14.8 Å². The maximum atomic E-state index is 13.4. The fourth-order valence-corrected chi connectivity index (χ4v) is 4.77. The molecular formula is C26H29N3O4S. The second kappa shape index (κ2) is 11.0. The van der Waals surface area contributed by atoms with Crippen molar-refractivity contribution in [2.75, 3.05) is 16.2 Å². The summed E-state index contributed by atoms with van der Waals surface area (Å²) in [4.78, 5) is 25.8. The van der Waals surface area contributed by atoms with Crippen LogP contribution in [0, 0.1) is 6.92 Å². The number of amides is 2. The van der Waals surface area contributed by atoms with E-state index in [1.807, 2.05) is 26.8 Å². The van der Waals surface area contributed by atoms with Crippen molar-refractivity contribution >= 4 is 33.2 Å². The number of carbonyl (C=O) groups is 2. The maximum Gasteiger partial charge on any atom is 0.264 e. The first-order valence-electron chi connectivity index (χ1n) is 11.1. The summed E-state index contributed by atoms with van der Waals surface area (Å²) in [7, 11) is -4.01. The van der Waals surface area contributed by atoms with Crippen molar-refractivity contribution < 1.29 is 18.0 Å². The largest absolute Gasteiger partial charge is 0.350 e. The third kappa shape index (κ3) is 6.02. The predicted octanol–water partition coefficient (Wildman–Crippen LogP) is 4.36. The van der Waals surface area contributed by atoms with Gasteiger partial charge < -0.3 is 10.6 Å². The van der Waals surface area contributed by atoms with Crippen LogP contribution in [0.2, 0.25) is 0 Å². The first-order chi connectivity index (χ1) is 16.2. The van der Waals surface area contributed by atoms with Gasteiger partial charge in [0.2, 0.25) is 5.91 Å². The summed E-state index contributed by atoms with van der Waals surface area (Å²) in [6.45, 7) is 5.25. The van der Waals surface area contributed by atoms with Gasteiger partial charge in [-0.05, 0) is 62.2 Å². The van der Waals surface area contributed by atoms with Crippen molar-refractivity contribution in [3.63, 3.8) is 0 Å². The number of carbonyl (C=O) groups excluding carboxylic acids is 2. The van der Waals surface area contributed by atoms with Gasteiger partial charge in [-0.3, -0.25) is 13.9 Å². The third-order valence-electron chi connectivity index (χ3n) is 5.34. The molecule has 0 unspecified atom stereocenters. The molecule has 0 fully saturated rings. The molecule has 0 saturated carbocycles. The van der Waals surface area contributed by atoms with E-state index in [9.17, 15) is 18.0 Å². The molecule has 7 nitrogen and oxygen atoms in total. The third-order valence-corrected chi connectivity index (χ3v) is 7.13. The quantitative estimate of drug-likeness (QED) is 0.477. The molecule has 0 aliphatic rings. The number of para-hydroxylation sites is 1. The molecule has 0 aromatic heterocycles. The van der Waals surface area contributed by atoms with E-state index in [4.69, 9.17) is 0 Å². The van der Waals surface area contributed by atoms with Crippen molar-refractivity contribution in [2.45, 2.75) is 38.1 Å². The fraction of sp³-hybridized carbons (Fsp3) is 0.231. The molecule has 3 rings (SSSR count). The number of nitrogens with one attached hydrogen (secondary N) is 2. The molecule has 178 valence electrons. The van der Waals surface area contributed by atoms with Crippen molar-refractivity contribution in [1.82, 2.24) is 5.32 Å². The lowest BCUT2D eigenvalue weighted by atomic mass is 10.1. The van der Waals surface area contributed by atoms with Crippen LogP contribution in [-0.4, -0.2) is 32.8 Å². The average Bonchev–Trinajstić information content (AvgIpc) is 2.83. The van der Waals surface area contributed by atoms with Crippen LogP contribution >= 0.6 is 0 Å². The molecule has 0 saturated heterocycles. The van der Waals surface area contributed by atoms with Crippen LogP contribution in [0.3, 0.4) is 0 Å². The molecule has 2 amide bonds. The minimum atomic E-state index is -4.01. The molecule has 2 N–H and O–H groups in total. The number of hydrogen-bond donors (Lipinski definition) is 2. The van der Waals surface area contributed by atoms with E-state index in [0.29, 0.717) is 16.9 Å². The normalized spacial score (nSPS) is 12.0. The molecule has 0 bridgehead atoms. The second-order valence-corrected chi connectivity index (χ2v) is 9.90. The van der Waals surface area contributed by atoms with Gasteiger partial charge >= 0.3 is 0 Å². The molecule has 3 aromatic carbocycles. The van der Waals surface area contributed by atoms with E-state index in [2.05, 4.69) is 10.6 Å². The Hall–Kier alpha value is -3.65. The summed E-state index contributed by atoms with van der Waals surface area (Å²) >= 11 is 0. The Balaban J connectivity index is 1.90. The summed E-state index contributed by atoms with van der Waals surface area (Å²) in [5, 5.41) is 5.60. The smallest absolute Gasteiger partial charge is 0.264 e. The van der Waals surface area contributed by atoms with Gasteiger partial charge in [0, 0.05) is 6.04 Å². The van der Waals surface area contributed by atoms with E-state index in [1.165, 1.54) is 12.1 Å². The fourth-order valence-electron chi connectivity index (χ4n) is 3.33. The topological polar surface area (TPSA) is 95.6 Å². The average molecular weight is 480 g/mol. The van der Waals surface area contributed by atoms with Crippen molar-refractivity contribution in [2.24, 2.45) is 0 Å². The Kier molecular flexibility index (Phi) is 8.07. The molecule has 3 aromatic rings. The van der Waals surface area contributed by atoms with Crippen LogP contribution in [0.4, 0.5) is 11.4 Å². The number of nitrogens with zero attached hydrogens (tertiary/aromatic N) is 1. The van der Waals surface area contributed by atoms with E-state index in [1.54, 1.807) is 60.7 Å². The molecule has 1 atom stereocenters.